The van der Waals surface area contributed by atoms with Gasteiger partial charge in [0.1, 0.15) is 4.60 Å². The lowest BCUT2D eigenvalue weighted by atomic mass is 10.2. The second-order valence-corrected chi connectivity index (χ2v) is 3.90. The molecule has 0 bridgehead atoms. The van der Waals surface area contributed by atoms with E-state index in [9.17, 15) is 9.59 Å². The van der Waals surface area contributed by atoms with Crippen molar-refractivity contribution in [3.8, 4) is 0 Å². The van der Waals surface area contributed by atoms with E-state index >= 15 is 0 Å². The van der Waals surface area contributed by atoms with Crippen molar-refractivity contribution in [1.82, 2.24) is 10.3 Å². The van der Waals surface area contributed by atoms with Crippen molar-refractivity contribution in [2.45, 2.75) is 6.42 Å². The summed E-state index contributed by atoms with van der Waals surface area (Å²) in [6.45, 7) is 0.404. The number of hydrogen-bond acceptors (Lipinski definition) is 3. The van der Waals surface area contributed by atoms with Gasteiger partial charge in [-0.2, -0.15) is 0 Å². The van der Waals surface area contributed by atoms with Gasteiger partial charge in [-0.1, -0.05) is 0 Å². The third-order valence-corrected chi connectivity index (χ3v) is 2.51. The Morgan fingerprint density at radius 1 is 1.47 bits per heavy atom. The highest BCUT2D eigenvalue weighted by Crippen LogP contribution is 2.19. The summed E-state index contributed by atoms with van der Waals surface area (Å²) in [5, 5.41) is 2.26. The van der Waals surface area contributed by atoms with Crippen LogP contribution in [0.15, 0.2) is 22.9 Å². The molecular weight excluding hydrogens is 262 g/mol. The topological polar surface area (TPSA) is 62.3 Å². The number of rotatable bonds is 1. The maximum Gasteiger partial charge on any atom is 0.328 e. The molecule has 6 heteroatoms. The van der Waals surface area contributed by atoms with E-state index in [1.54, 1.807) is 18.3 Å². The van der Waals surface area contributed by atoms with E-state index in [-0.39, 0.29) is 11.9 Å². The number of anilines is 1. The molecule has 2 rings (SSSR count). The molecular formula is C9H8BrN3O2. The average Bonchev–Trinajstić information content (AvgIpc) is 2.17. The first kappa shape index (κ1) is 10.1. The second-order valence-electron chi connectivity index (χ2n) is 3.09. The van der Waals surface area contributed by atoms with Crippen molar-refractivity contribution < 1.29 is 9.59 Å². The summed E-state index contributed by atoms with van der Waals surface area (Å²) < 4.78 is 0.657. The molecule has 1 aliphatic rings. The maximum absolute atomic E-state index is 11.5. The number of carbonyl (C=O) groups is 2. The van der Waals surface area contributed by atoms with Gasteiger partial charge in [0.2, 0.25) is 5.91 Å². The van der Waals surface area contributed by atoms with Crippen LogP contribution in [0.4, 0.5) is 10.5 Å². The van der Waals surface area contributed by atoms with Gasteiger partial charge in [0, 0.05) is 24.8 Å². The Balaban J connectivity index is 2.24. The zero-order chi connectivity index (χ0) is 10.8. The summed E-state index contributed by atoms with van der Waals surface area (Å²) in [6, 6.07) is 3.07. The standard InChI is InChI=1S/C9H8BrN3O2/c10-7-5-6(1-3-11-7)13-4-2-8(14)12-9(13)15/h1,3,5H,2,4H2,(H,12,14,15). The van der Waals surface area contributed by atoms with Crippen LogP contribution in [-0.2, 0) is 4.79 Å². The Morgan fingerprint density at radius 3 is 2.93 bits per heavy atom. The summed E-state index contributed by atoms with van der Waals surface area (Å²) in [4.78, 5) is 27.9. The number of urea groups is 1. The number of imide groups is 1. The van der Waals surface area contributed by atoms with Crippen LogP contribution in [0.5, 0.6) is 0 Å². The van der Waals surface area contributed by atoms with Crippen molar-refractivity contribution in [2.75, 3.05) is 11.4 Å². The molecule has 2 heterocycles. The lowest BCUT2D eigenvalue weighted by molar-refractivity contribution is -0.120. The molecule has 0 spiro atoms. The first-order valence-electron chi connectivity index (χ1n) is 4.40. The van der Waals surface area contributed by atoms with Crippen LogP contribution in [0.25, 0.3) is 0 Å². The fourth-order valence-electron chi connectivity index (χ4n) is 1.37. The van der Waals surface area contributed by atoms with Crippen LogP contribution in [-0.4, -0.2) is 23.5 Å². The lowest BCUT2D eigenvalue weighted by Gasteiger charge is -2.26. The SMILES string of the molecule is O=C1CCN(c2ccnc(Br)c2)C(=O)N1. The van der Waals surface area contributed by atoms with Gasteiger partial charge in [-0.3, -0.25) is 15.0 Å². The Labute approximate surface area is 94.6 Å². The molecule has 0 aromatic carbocycles. The molecule has 78 valence electrons. The summed E-state index contributed by atoms with van der Waals surface area (Å²) in [5.74, 6) is -0.232. The summed E-state index contributed by atoms with van der Waals surface area (Å²) in [7, 11) is 0. The Hall–Kier alpha value is -1.43. The van der Waals surface area contributed by atoms with Gasteiger partial charge in [0.25, 0.3) is 0 Å². The third-order valence-electron chi connectivity index (χ3n) is 2.08. The van der Waals surface area contributed by atoms with E-state index in [0.29, 0.717) is 17.6 Å². The molecule has 3 amide bonds. The van der Waals surface area contributed by atoms with E-state index < -0.39 is 0 Å². The van der Waals surface area contributed by atoms with Gasteiger partial charge < -0.3 is 0 Å². The highest BCUT2D eigenvalue weighted by Gasteiger charge is 2.24. The fraction of sp³-hybridized carbons (Fsp3) is 0.222. The van der Waals surface area contributed by atoms with Crippen LogP contribution in [0, 0.1) is 0 Å². The normalized spacial score (nSPS) is 16.5. The molecule has 5 nitrogen and oxygen atoms in total. The van der Waals surface area contributed by atoms with Gasteiger partial charge in [-0.25, -0.2) is 9.78 Å². The van der Waals surface area contributed by atoms with Crippen molar-refractivity contribution in [3.05, 3.63) is 22.9 Å². The molecule has 1 aromatic rings. The number of hydrogen-bond donors (Lipinski definition) is 1. The molecule has 15 heavy (non-hydrogen) atoms. The molecule has 0 unspecified atom stereocenters. The molecule has 1 N–H and O–H groups in total. The smallest absolute Gasteiger partial charge is 0.293 e. The lowest BCUT2D eigenvalue weighted by Crippen LogP contribution is -2.49. The number of nitrogens with one attached hydrogen (secondary N) is 1. The molecule has 0 radical (unpaired) electrons. The Morgan fingerprint density at radius 2 is 2.27 bits per heavy atom. The summed E-state index contributed by atoms with van der Waals surface area (Å²) in [6.07, 6.45) is 1.93. The number of amides is 3. The van der Waals surface area contributed by atoms with Crippen LogP contribution < -0.4 is 10.2 Å². The summed E-state index contributed by atoms with van der Waals surface area (Å²) >= 11 is 3.22. The average molecular weight is 270 g/mol. The molecule has 1 fully saturated rings. The number of pyridine rings is 1. The van der Waals surface area contributed by atoms with Crippen molar-refractivity contribution in [2.24, 2.45) is 0 Å². The van der Waals surface area contributed by atoms with Crippen molar-refractivity contribution in [3.63, 3.8) is 0 Å². The first-order valence-corrected chi connectivity index (χ1v) is 5.19. The predicted molar refractivity (Wildman–Crippen MR) is 57.4 cm³/mol. The molecule has 1 saturated heterocycles. The number of halogens is 1. The van der Waals surface area contributed by atoms with Crippen LogP contribution >= 0.6 is 15.9 Å². The zero-order valence-corrected chi connectivity index (χ0v) is 9.32. The van der Waals surface area contributed by atoms with Gasteiger partial charge in [0.15, 0.2) is 0 Å². The second kappa shape index (κ2) is 3.98. The predicted octanol–water partition coefficient (Wildman–Crippen LogP) is 1.29. The minimum atomic E-state index is -0.385. The van der Waals surface area contributed by atoms with Crippen LogP contribution in [0.1, 0.15) is 6.42 Å². The first-order chi connectivity index (χ1) is 7.16. The van der Waals surface area contributed by atoms with Gasteiger partial charge in [-0.15, -0.1) is 0 Å². The van der Waals surface area contributed by atoms with E-state index in [4.69, 9.17) is 0 Å². The molecule has 0 atom stereocenters. The highest BCUT2D eigenvalue weighted by molar-refractivity contribution is 9.10. The fourth-order valence-corrected chi connectivity index (χ4v) is 1.72. The molecule has 1 aromatic heterocycles. The zero-order valence-electron chi connectivity index (χ0n) is 7.74. The van der Waals surface area contributed by atoms with Gasteiger partial charge in [0.05, 0.1) is 0 Å². The number of carbonyl (C=O) groups excluding carboxylic acids is 2. The Bertz CT molecular complexity index is 422. The minimum absolute atomic E-state index is 0.232. The molecule has 0 aliphatic carbocycles. The van der Waals surface area contributed by atoms with Crippen LogP contribution in [0.2, 0.25) is 0 Å². The monoisotopic (exact) mass is 269 g/mol. The Kier molecular flexibility index (Phi) is 2.68. The molecule has 0 saturated carbocycles. The van der Waals surface area contributed by atoms with E-state index in [1.807, 2.05) is 0 Å². The van der Waals surface area contributed by atoms with E-state index in [1.165, 1.54) is 4.90 Å². The summed E-state index contributed by atoms with van der Waals surface area (Å²) in [5.41, 5.74) is 0.724. The van der Waals surface area contributed by atoms with Crippen molar-refractivity contribution >= 4 is 33.6 Å². The largest absolute Gasteiger partial charge is 0.328 e. The third kappa shape index (κ3) is 2.15. The van der Waals surface area contributed by atoms with Gasteiger partial charge in [-0.05, 0) is 28.1 Å². The quantitative estimate of drug-likeness (QED) is 0.782. The van der Waals surface area contributed by atoms with Crippen molar-refractivity contribution in [1.29, 1.82) is 0 Å². The van der Waals surface area contributed by atoms with Crippen LogP contribution in [0.3, 0.4) is 0 Å². The van der Waals surface area contributed by atoms with Gasteiger partial charge >= 0.3 is 6.03 Å². The van der Waals surface area contributed by atoms with E-state index in [2.05, 4.69) is 26.2 Å². The maximum atomic E-state index is 11.5. The van der Waals surface area contributed by atoms with E-state index in [0.717, 1.165) is 5.69 Å². The minimum Gasteiger partial charge on any atom is -0.293 e. The number of aromatic nitrogens is 1. The number of nitrogens with zero attached hydrogens (tertiary/aromatic N) is 2. The highest BCUT2D eigenvalue weighted by atomic mass is 79.9. The molecule has 1 aliphatic heterocycles.